The molecule has 3 N–H and O–H groups in total. The van der Waals surface area contributed by atoms with E-state index in [1.54, 1.807) is 13.1 Å². The number of methoxy groups -OCH3 is 1. The van der Waals surface area contributed by atoms with Crippen LogP contribution in [-0.2, 0) is 26.4 Å². The van der Waals surface area contributed by atoms with Crippen LogP contribution >= 0.6 is 0 Å². The lowest BCUT2D eigenvalue weighted by atomic mass is 9.73. The number of nitrogens with zero attached hydrogens (tertiary/aromatic N) is 3. The van der Waals surface area contributed by atoms with E-state index in [1.807, 2.05) is 24.3 Å². The number of likely N-dealkylation sites (tertiary alicyclic amines) is 1. The van der Waals surface area contributed by atoms with Crippen molar-refractivity contribution in [3.8, 4) is 0 Å². The van der Waals surface area contributed by atoms with Gasteiger partial charge in [0.05, 0.1) is 0 Å². The molecule has 0 spiro atoms. The van der Waals surface area contributed by atoms with Crippen molar-refractivity contribution in [2.75, 3.05) is 39.2 Å². The standard InChI is InChI=1S/C25H31N5O3/c1-29-23(32)25(28-24(29)26,20-9-6-10-21(15-20)27-22(31)17-33-2)19-11-13-30(14-12-19)16-18-7-4-3-5-8-18/h3-10,15,19H,11-14,16-17H2,1-2H3,(H2,26,28)(H,27,31). The number of nitrogens with one attached hydrogen (secondary N) is 1. The predicted molar refractivity (Wildman–Crippen MR) is 127 cm³/mol. The summed E-state index contributed by atoms with van der Waals surface area (Å²) < 4.78 is 4.90. The lowest BCUT2D eigenvalue weighted by molar-refractivity contribution is -0.133. The van der Waals surface area contributed by atoms with E-state index in [0.717, 1.165) is 38.0 Å². The lowest BCUT2D eigenvalue weighted by Crippen LogP contribution is -2.48. The van der Waals surface area contributed by atoms with Crippen LogP contribution in [-0.4, -0.2) is 61.4 Å². The fourth-order valence-corrected chi connectivity index (χ4v) is 4.87. The highest BCUT2D eigenvalue weighted by Gasteiger charge is 2.53. The lowest BCUT2D eigenvalue weighted by Gasteiger charge is -2.40. The van der Waals surface area contributed by atoms with Gasteiger partial charge in [0.15, 0.2) is 11.5 Å². The van der Waals surface area contributed by atoms with E-state index in [9.17, 15) is 9.59 Å². The number of hydrogen-bond acceptors (Lipinski definition) is 6. The average molecular weight is 450 g/mol. The second-order valence-corrected chi connectivity index (χ2v) is 8.70. The Labute approximate surface area is 194 Å². The van der Waals surface area contributed by atoms with Crippen LogP contribution in [0.2, 0.25) is 0 Å². The van der Waals surface area contributed by atoms with Gasteiger partial charge < -0.3 is 15.8 Å². The summed E-state index contributed by atoms with van der Waals surface area (Å²) in [6, 6.07) is 17.8. The Hall–Kier alpha value is -3.23. The van der Waals surface area contributed by atoms with Crippen LogP contribution in [0.25, 0.3) is 0 Å². The molecule has 1 saturated heterocycles. The zero-order valence-electron chi connectivity index (χ0n) is 19.2. The Morgan fingerprint density at radius 2 is 1.91 bits per heavy atom. The molecule has 4 rings (SSSR count). The molecule has 33 heavy (non-hydrogen) atoms. The van der Waals surface area contributed by atoms with Gasteiger partial charge in [-0.3, -0.25) is 19.4 Å². The molecule has 1 atom stereocenters. The Balaban J connectivity index is 1.58. The van der Waals surface area contributed by atoms with Crippen molar-refractivity contribution in [1.29, 1.82) is 0 Å². The molecular formula is C25H31N5O3. The number of benzene rings is 2. The van der Waals surface area contributed by atoms with Crippen molar-refractivity contribution in [1.82, 2.24) is 9.80 Å². The van der Waals surface area contributed by atoms with Crippen molar-refractivity contribution in [3.05, 3.63) is 65.7 Å². The molecule has 2 aromatic rings. The summed E-state index contributed by atoms with van der Waals surface area (Å²) in [5, 5.41) is 2.82. The third-order valence-electron chi connectivity index (χ3n) is 6.55. The number of likely N-dealkylation sites (N-methyl/N-ethyl adjacent to an activating group) is 1. The van der Waals surface area contributed by atoms with Gasteiger partial charge in [-0.1, -0.05) is 42.5 Å². The molecular weight excluding hydrogens is 418 g/mol. The van der Waals surface area contributed by atoms with Gasteiger partial charge in [-0.15, -0.1) is 0 Å². The molecule has 0 aliphatic carbocycles. The number of piperidine rings is 1. The van der Waals surface area contributed by atoms with Crippen LogP contribution in [0.5, 0.6) is 0 Å². The minimum atomic E-state index is -1.08. The van der Waals surface area contributed by atoms with Crippen molar-refractivity contribution >= 4 is 23.5 Å². The third kappa shape index (κ3) is 4.62. The summed E-state index contributed by atoms with van der Waals surface area (Å²) in [6.07, 6.45) is 1.65. The van der Waals surface area contributed by atoms with Gasteiger partial charge in [0.2, 0.25) is 5.91 Å². The highest BCUT2D eigenvalue weighted by atomic mass is 16.5. The van der Waals surface area contributed by atoms with Gasteiger partial charge >= 0.3 is 0 Å². The summed E-state index contributed by atoms with van der Waals surface area (Å²) in [5.41, 5.74) is 7.68. The summed E-state index contributed by atoms with van der Waals surface area (Å²) in [4.78, 5) is 34.2. The van der Waals surface area contributed by atoms with Gasteiger partial charge in [-0.25, -0.2) is 4.99 Å². The van der Waals surface area contributed by atoms with Gasteiger partial charge in [0.25, 0.3) is 5.91 Å². The maximum atomic E-state index is 13.6. The van der Waals surface area contributed by atoms with E-state index >= 15 is 0 Å². The molecule has 1 unspecified atom stereocenters. The van der Waals surface area contributed by atoms with Gasteiger partial charge in [0, 0.05) is 26.4 Å². The smallest absolute Gasteiger partial charge is 0.261 e. The van der Waals surface area contributed by atoms with E-state index in [-0.39, 0.29) is 30.3 Å². The first-order chi connectivity index (χ1) is 15.9. The number of carbonyl (C=O) groups excluding carboxylic acids is 2. The monoisotopic (exact) mass is 449 g/mol. The number of hydrogen-bond donors (Lipinski definition) is 2. The molecule has 8 nitrogen and oxygen atoms in total. The van der Waals surface area contributed by atoms with E-state index in [0.29, 0.717) is 5.69 Å². The van der Waals surface area contributed by atoms with Crippen LogP contribution in [0, 0.1) is 5.92 Å². The minimum absolute atomic E-state index is 0.00505. The zero-order chi connectivity index (χ0) is 23.4. The first-order valence-electron chi connectivity index (χ1n) is 11.2. The number of guanidine groups is 1. The topological polar surface area (TPSA) is 100 Å². The Kier molecular flexibility index (Phi) is 6.76. The molecule has 0 aromatic heterocycles. The van der Waals surface area contributed by atoms with E-state index in [1.165, 1.54) is 17.6 Å². The molecule has 2 amide bonds. The van der Waals surface area contributed by atoms with E-state index in [2.05, 4.69) is 34.5 Å². The number of rotatable bonds is 7. The van der Waals surface area contributed by atoms with Crippen molar-refractivity contribution < 1.29 is 14.3 Å². The Bertz CT molecular complexity index is 1030. The Morgan fingerprint density at radius 3 is 2.55 bits per heavy atom. The molecule has 1 fully saturated rings. The maximum Gasteiger partial charge on any atom is 0.261 e. The predicted octanol–water partition coefficient (Wildman–Crippen LogP) is 2.17. The normalized spacial score (nSPS) is 21.8. The first kappa shape index (κ1) is 22.9. The van der Waals surface area contributed by atoms with Gasteiger partial charge in [0.1, 0.15) is 6.61 Å². The second kappa shape index (κ2) is 9.72. The highest BCUT2D eigenvalue weighted by molar-refractivity contribution is 6.07. The fourth-order valence-electron chi connectivity index (χ4n) is 4.87. The maximum absolute atomic E-state index is 13.6. The highest BCUT2D eigenvalue weighted by Crippen LogP contribution is 2.44. The minimum Gasteiger partial charge on any atom is -0.375 e. The average Bonchev–Trinajstić information content (AvgIpc) is 3.05. The van der Waals surface area contributed by atoms with E-state index in [4.69, 9.17) is 15.5 Å². The first-order valence-corrected chi connectivity index (χ1v) is 11.2. The summed E-state index contributed by atoms with van der Waals surface area (Å²) >= 11 is 0. The summed E-state index contributed by atoms with van der Waals surface area (Å²) in [5.74, 6) is -0.149. The van der Waals surface area contributed by atoms with Gasteiger partial charge in [-0.2, -0.15) is 0 Å². The number of ether oxygens (including phenoxy) is 1. The SMILES string of the molecule is COCC(=O)Nc1cccc(C2(C3CCN(Cc4ccccc4)CC3)N=C(N)N(C)C2=O)c1. The van der Waals surface area contributed by atoms with Crippen LogP contribution in [0.15, 0.2) is 59.6 Å². The van der Waals surface area contributed by atoms with Crippen LogP contribution in [0.1, 0.15) is 24.0 Å². The molecule has 2 aliphatic rings. The van der Waals surface area contributed by atoms with Gasteiger partial charge in [-0.05, 0) is 55.1 Å². The number of amides is 2. The van der Waals surface area contributed by atoms with Crippen LogP contribution in [0.3, 0.4) is 0 Å². The number of nitrogens with two attached hydrogens (primary N) is 1. The van der Waals surface area contributed by atoms with Crippen LogP contribution < -0.4 is 11.1 Å². The molecule has 0 bridgehead atoms. The van der Waals surface area contributed by atoms with E-state index < -0.39 is 5.54 Å². The molecule has 2 aromatic carbocycles. The molecule has 2 aliphatic heterocycles. The molecule has 8 heteroatoms. The Morgan fingerprint density at radius 1 is 1.18 bits per heavy atom. The number of aliphatic imine (C=N–C) groups is 1. The molecule has 2 heterocycles. The van der Waals surface area contributed by atoms with Crippen molar-refractivity contribution in [2.24, 2.45) is 16.6 Å². The molecule has 174 valence electrons. The van der Waals surface area contributed by atoms with Crippen LogP contribution in [0.4, 0.5) is 5.69 Å². The summed E-state index contributed by atoms with van der Waals surface area (Å²) in [6.45, 7) is 2.60. The van der Waals surface area contributed by atoms with Crippen molar-refractivity contribution in [2.45, 2.75) is 24.9 Å². The third-order valence-corrected chi connectivity index (χ3v) is 6.55. The zero-order valence-corrected chi connectivity index (χ0v) is 19.2. The fraction of sp³-hybridized carbons (Fsp3) is 0.400. The van der Waals surface area contributed by atoms with Crippen molar-refractivity contribution in [3.63, 3.8) is 0 Å². The summed E-state index contributed by atoms with van der Waals surface area (Å²) in [7, 11) is 3.14. The largest absolute Gasteiger partial charge is 0.375 e. The molecule has 0 radical (unpaired) electrons. The number of carbonyl (C=O) groups is 2. The second-order valence-electron chi connectivity index (χ2n) is 8.70. The quantitative estimate of drug-likeness (QED) is 0.675. The molecule has 0 saturated carbocycles. The number of anilines is 1.